The van der Waals surface area contributed by atoms with Crippen molar-refractivity contribution in [3.8, 4) is 6.07 Å². The van der Waals surface area contributed by atoms with Crippen LogP contribution >= 0.6 is 0 Å². The van der Waals surface area contributed by atoms with E-state index in [0.29, 0.717) is 16.9 Å². The number of nitriles is 1. The van der Waals surface area contributed by atoms with Gasteiger partial charge in [-0.1, -0.05) is 43.5 Å². The smallest absolute Gasteiger partial charge is 0.355 e. The summed E-state index contributed by atoms with van der Waals surface area (Å²) in [6.45, 7) is 7.51. The molecule has 5 nitrogen and oxygen atoms in total. The summed E-state index contributed by atoms with van der Waals surface area (Å²) in [6.07, 6.45) is 6.61. The van der Waals surface area contributed by atoms with E-state index in [-0.39, 0.29) is 5.57 Å². The van der Waals surface area contributed by atoms with Gasteiger partial charge in [-0.2, -0.15) is 5.26 Å². The quantitative estimate of drug-likeness (QED) is 0.554. The van der Waals surface area contributed by atoms with Crippen LogP contribution in [0, 0.1) is 11.3 Å². The number of benzene rings is 2. The summed E-state index contributed by atoms with van der Waals surface area (Å²) in [5.74, 6) is -0.330. The fraction of sp³-hybridized carbons (Fsp3) is 0. The fourth-order valence-corrected chi connectivity index (χ4v) is 3.26. The van der Waals surface area contributed by atoms with E-state index in [1.807, 2.05) is 54.6 Å². The zero-order chi connectivity index (χ0) is 20.4. The highest BCUT2D eigenvalue weighted by Gasteiger charge is 2.31. The molecule has 5 heteroatoms. The van der Waals surface area contributed by atoms with Gasteiger partial charge in [-0.05, 0) is 23.8 Å². The third-order valence-electron chi connectivity index (χ3n) is 4.64. The minimum atomic E-state index is -0.653. The number of esters is 1. The number of hydrogen-bond donors (Lipinski definition) is 0. The summed E-state index contributed by atoms with van der Waals surface area (Å²) in [5, 5.41) is 10.3. The number of carbonyl (C=O) groups is 1. The predicted molar refractivity (Wildman–Crippen MR) is 112 cm³/mol. The van der Waals surface area contributed by atoms with Crippen LogP contribution in [-0.4, -0.2) is 5.97 Å². The first-order valence-corrected chi connectivity index (χ1v) is 8.85. The normalized spacial score (nSPS) is 14.7. The number of furan rings is 1. The Morgan fingerprint density at radius 1 is 1.07 bits per heavy atom. The molecule has 0 spiro atoms. The molecule has 3 aromatic rings. The van der Waals surface area contributed by atoms with Crippen molar-refractivity contribution in [1.29, 1.82) is 5.26 Å². The van der Waals surface area contributed by atoms with Gasteiger partial charge >= 0.3 is 5.97 Å². The summed E-state index contributed by atoms with van der Waals surface area (Å²) in [6, 6.07) is 16.9. The molecule has 140 valence electrons. The molecule has 0 saturated heterocycles. The van der Waals surface area contributed by atoms with E-state index >= 15 is 0 Å². The Labute approximate surface area is 167 Å². The molecule has 1 aliphatic heterocycles. The molecule has 0 N–H and O–H groups in total. The molecule has 0 amide bonds. The Morgan fingerprint density at radius 3 is 2.52 bits per heavy atom. The van der Waals surface area contributed by atoms with Crippen LogP contribution in [0.4, 0.5) is 5.69 Å². The monoisotopic (exact) mass is 380 g/mol. The number of ether oxygens (including phenoxy) is 1. The maximum absolute atomic E-state index is 12.2. The maximum Gasteiger partial charge on any atom is 0.355 e. The molecule has 0 aliphatic carbocycles. The fourth-order valence-electron chi connectivity index (χ4n) is 3.26. The summed E-state index contributed by atoms with van der Waals surface area (Å²) in [5.41, 5.74) is 3.48. The number of nitrogens with zero attached hydrogens (tertiary/aromatic N) is 2. The van der Waals surface area contributed by atoms with Gasteiger partial charge in [0, 0.05) is 40.7 Å². The second-order valence-electron chi connectivity index (χ2n) is 6.27. The van der Waals surface area contributed by atoms with Crippen molar-refractivity contribution in [3.05, 3.63) is 103 Å². The zero-order valence-corrected chi connectivity index (χ0v) is 15.5. The molecule has 4 rings (SSSR count). The summed E-state index contributed by atoms with van der Waals surface area (Å²) in [4.78, 5) is 14.0. The average molecular weight is 380 g/mol. The molecule has 0 unspecified atom stereocenters. The van der Waals surface area contributed by atoms with Gasteiger partial charge in [0.05, 0.1) is 6.26 Å². The van der Waals surface area contributed by atoms with E-state index in [4.69, 9.17) is 9.15 Å². The van der Waals surface area contributed by atoms with Crippen LogP contribution < -0.4 is 4.90 Å². The van der Waals surface area contributed by atoms with Crippen molar-refractivity contribution in [2.45, 2.75) is 0 Å². The first-order chi connectivity index (χ1) is 14.2. The summed E-state index contributed by atoms with van der Waals surface area (Å²) < 4.78 is 11.1. The Bertz CT molecular complexity index is 1230. The van der Waals surface area contributed by atoms with Crippen molar-refractivity contribution in [2.24, 2.45) is 0 Å². The predicted octanol–water partition coefficient (Wildman–Crippen LogP) is 5.40. The molecule has 0 fully saturated rings. The number of anilines is 1. The topological polar surface area (TPSA) is 66.5 Å². The van der Waals surface area contributed by atoms with Crippen molar-refractivity contribution in [3.63, 3.8) is 0 Å². The molecule has 1 aromatic heterocycles. The Hall–Kier alpha value is -4.30. The van der Waals surface area contributed by atoms with Crippen LogP contribution in [-0.2, 0) is 9.53 Å². The number of allylic oxidation sites excluding steroid dienone is 1. The van der Waals surface area contributed by atoms with Gasteiger partial charge in [-0.15, -0.1) is 0 Å². The Morgan fingerprint density at radius 2 is 1.83 bits per heavy atom. The molecule has 2 heterocycles. The number of hydrogen-bond acceptors (Lipinski definition) is 5. The Balaban J connectivity index is 1.81. The SMILES string of the molecule is C=CN(C=C)c1ccc2c(C=C3OC(=O)C(C#N)=C3c3ccccc3)coc2c1. The highest BCUT2D eigenvalue weighted by molar-refractivity contribution is 6.11. The summed E-state index contributed by atoms with van der Waals surface area (Å²) >= 11 is 0. The van der Waals surface area contributed by atoms with Crippen LogP contribution in [0.3, 0.4) is 0 Å². The lowest BCUT2D eigenvalue weighted by Gasteiger charge is -2.13. The molecule has 0 saturated carbocycles. The third kappa shape index (κ3) is 3.13. The van der Waals surface area contributed by atoms with Gasteiger partial charge in [0.2, 0.25) is 0 Å². The zero-order valence-electron chi connectivity index (χ0n) is 15.5. The number of rotatable bonds is 5. The van der Waals surface area contributed by atoms with Crippen LogP contribution in [0.5, 0.6) is 0 Å². The molecule has 29 heavy (non-hydrogen) atoms. The number of fused-ring (bicyclic) bond motifs is 1. The van der Waals surface area contributed by atoms with Crippen molar-refractivity contribution in [1.82, 2.24) is 0 Å². The second-order valence-corrected chi connectivity index (χ2v) is 6.27. The number of cyclic esters (lactones) is 1. The lowest BCUT2D eigenvalue weighted by atomic mass is 9.99. The van der Waals surface area contributed by atoms with Crippen LogP contribution in [0.2, 0.25) is 0 Å². The van der Waals surface area contributed by atoms with Gasteiger partial charge in [0.1, 0.15) is 23.0 Å². The molecule has 0 radical (unpaired) electrons. The minimum Gasteiger partial charge on any atom is -0.464 e. The van der Waals surface area contributed by atoms with Gasteiger partial charge in [0.25, 0.3) is 0 Å². The standard InChI is InChI=1S/C24H16N2O3/c1-3-26(4-2)18-10-11-19-17(15-28-21(19)13-18)12-22-23(16-8-6-5-7-9-16)20(14-25)24(27)29-22/h3-13,15H,1-2H2. The van der Waals surface area contributed by atoms with Crippen LogP contribution in [0.25, 0.3) is 22.6 Å². The van der Waals surface area contributed by atoms with E-state index in [0.717, 1.165) is 22.2 Å². The highest BCUT2D eigenvalue weighted by atomic mass is 16.5. The van der Waals surface area contributed by atoms with E-state index in [1.165, 1.54) is 0 Å². The van der Waals surface area contributed by atoms with Gasteiger partial charge in [0.15, 0.2) is 0 Å². The lowest BCUT2D eigenvalue weighted by Crippen LogP contribution is -2.04. The van der Waals surface area contributed by atoms with Gasteiger partial charge in [-0.3, -0.25) is 0 Å². The molecular formula is C24H16N2O3. The maximum atomic E-state index is 12.2. The number of carbonyl (C=O) groups excluding carboxylic acids is 1. The molecule has 1 aliphatic rings. The molecule has 0 atom stereocenters. The first-order valence-electron chi connectivity index (χ1n) is 8.85. The van der Waals surface area contributed by atoms with Crippen molar-refractivity contribution >= 4 is 34.3 Å². The van der Waals surface area contributed by atoms with Crippen molar-refractivity contribution in [2.75, 3.05) is 4.90 Å². The molecular weight excluding hydrogens is 364 g/mol. The van der Waals surface area contributed by atoms with Crippen molar-refractivity contribution < 1.29 is 13.9 Å². The minimum absolute atomic E-state index is 0.00913. The van der Waals surface area contributed by atoms with E-state index in [9.17, 15) is 10.1 Å². The first kappa shape index (κ1) is 18.1. The average Bonchev–Trinajstić information content (AvgIpc) is 3.29. The Kier molecular flexibility index (Phi) is 4.60. The van der Waals surface area contributed by atoms with E-state index < -0.39 is 5.97 Å². The van der Waals surface area contributed by atoms with Crippen LogP contribution in [0.1, 0.15) is 11.1 Å². The largest absolute Gasteiger partial charge is 0.464 e. The van der Waals surface area contributed by atoms with E-state index in [1.54, 1.807) is 29.6 Å². The van der Waals surface area contributed by atoms with Gasteiger partial charge in [-0.25, -0.2) is 4.79 Å². The third-order valence-corrected chi connectivity index (χ3v) is 4.64. The lowest BCUT2D eigenvalue weighted by molar-refractivity contribution is -0.132. The van der Waals surface area contributed by atoms with Gasteiger partial charge < -0.3 is 14.1 Å². The van der Waals surface area contributed by atoms with Crippen LogP contribution in [0.15, 0.2) is 96.1 Å². The van der Waals surface area contributed by atoms with E-state index in [2.05, 4.69) is 13.2 Å². The second kappa shape index (κ2) is 7.37. The molecule has 2 aromatic carbocycles. The summed E-state index contributed by atoms with van der Waals surface area (Å²) in [7, 11) is 0. The highest BCUT2D eigenvalue weighted by Crippen LogP contribution is 2.37. The molecule has 0 bridgehead atoms.